The van der Waals surface area contributed by atoms with Crippen LogP contribution in [0.4, 0.5) is 26.3 Å². The van der Waals surface area contributed by atoms with Crippen LogP contribution in [0.15, 0.2) is 35.4 Å². The van der Waals surface area contributed by atoms with Crippen LogP contribution in [0.1, 0.15) is 43.4 Å². The summed E-state index contributed by atoms with van der Waals surface area (Å²) in [5.41, 5.74) is -4.79. The highest BCUT2D eigenvalue weighted by atomic mass is 32.2. The maximum atomic E-state index is 13.8. The minimum absolute atomic E-state index is 0.118. The second-order valence-corrected chi connectivity index (χ2v) is 12.9. The molecule has 1 N–H and O–H groups in total. The Hall–Kier alpha value is -3.61. The standard InChI is InChI=1S/C25H23F6N5O4S/c1-14-10-15(36-9-4-19(34-36)24(26,27)28)2-3-18(14)41(39,40)16-11-17(20(37)33-22(13-32)5-6-22)35(12-16)21(38)23(7-8-23)25(29,30)31/h2-4,9-10,16-17H,5-8,11-12H2,1H3,(H,33,37). The summed E-state index contributed by atoms with van der Waals surface area (Å²) in [4.78, 5) is 26.7. The van der Waals surface area contributed by atoms with E-state index in [9.17, 15) is 49.6 Å². The van der Waals surface area contributed by atoms with Gasteiger partial charge >= 0.3 is 12.4 Å². The third-order valence-corrected chi connectivity index (χ3v) is 10.2. The van der Waals surface area contributed by atoms with Gasteiger partial charge < -0.3 is 10.2 Å². The highest BCUT2D eigenvalue weighted by Gasteiger charge is 2.70. The fourth-order valence-electron chi connectivity index (χ4n) is 5.12. The number of carbonyl (C=O) groups excluding carboxylic acids is 2. The first-order chi connectivity index (χ1) is 18.9. The minimum atomic E-state index is -4.89. The lowest BCUT2D eigenvalue weighted by Gasteiger charge is -2.29. The molecule has 0 radical (unpaired) electrons. The predicted molar refractivity (Wildman–Crippen MR) is 128 cm³/mol. The molecule has 2 heterocycles. The Balaban J connectivity index is 1.44. The Labute approximate surface area is 230 Å². The van der Waals surface area contributed by atoms with Crippen molar-refractivity contribution < 1.29 is 44.3 Å². The minimum Gasteiger partial charge on any atom is -0.336 e. The molecule has 0 bridgehead atoms. The van der Waals surface area contributed by atoms with Gasteiger partial charge in [0.2, 0.25) is 11.8 Å². The maximum absolute atomic E-state index is 13.8. The van der Waals surface area contributed by atoms with Gasteiger partial charge in [-0.25, -0.2) is 13.1 Å². The Morgan fingerprint density at radius 3 is 2.24 bits per heavy atom. The normalized spacial score (nSPS) is 23.1. The van der Waals surface area contributed by atoms with Gasteiger partial charge in [0.25, 0.3) is 0 Å². The molecule has 1 aromatic heterocycles. The summed E-state index contributed by atoms with van der Waals surface area (Å²) in [6, 6.07) is 4.78. The number of likely N-dealkylation sites (tertiary alicyclic amines) is 1. The molecule has 220 valence electrons. The number of rotatable bonds is 6. The SMILES string of the molecule is Cc1cc(-n2ccc(C(F)(F)F)n2)ccc1S(=O)(=O)C1CC(C(=O)NC2(C#N)CC2)N(C(=O)C2(C(F)(F)F)CC2)C1. The second kappa shape index (κ2) is 9.20. The molecule has 41 heavy (non-hydrogen) atoms. The average Bonchev–Trinajstić information content (AvgIpc) is 3.74. The molecule has 1 aliphatic heterocycles. The van der Waals surface area contributed by atoms with Crippen LogP contribution in [-0.2, 0) is 25.6 Å². The molecule has 2 amide bonds. The first kappa shape index (κ1) is 28.9. The van der Waals surface area contributed by atoms with Gasteiger partial charge in [-0.3, -0.25) is 9.59 Å². The lowest BCUT2D eigenvalue weighted by atomic mass is 10.0. The van der Waals surface area contributed by atoms with Crippen molar-refractivity contribution in [2.24, 2.45) is 5.41 Å². The van der Waals surface area contributed by atoms with E-state index in [4.69, 9.17) is 0 Å². The first-order valence-corrected chi connectivity index (χ1v) is 14.1. The average molecular weight is 604 g/mol. The molecule has 2 aliphatic carbocycles. The van der Waals surface area contributed by atoms with E-state index in [1.807, 2.05) is 6.07 Å². The maximum Gasteiger partial charge on any atom is 0.435 e. The van der Waals surface area contributed by atoms with Crippen molar-refractivity contribution in [1.29, 1.82) is 5.26 Å². The van der Waals surface area contributed by atoms with Crippen LogP contribution in [0.25, 0.3) is 5.69 Å². The number of aryl methyl sites for hydroxylation is 1. The Kier molecular flexibility index (Phi) is 6.48. The molecule has 5 rings (SSSR count). The smallest absolute Gasteiger partial charge is 0.336 e. The van der Waals surface area contributed by atoms with Gasteiger partial charge in [0.15, 0.2) is 15.5 Å². The van der Waals surface area contributed by atoms with Gasteiger partial charge in [-0.05, 0) is 68.9 Å². The highest BCUT2D eigenvalue weighted by Crippen LogP contribution is 2.59. The molecule has 2 aromatic rings. The van der Waals surface area contributed by atoms with Gasteiger partial charge in [-0.15, -0.1) is 0 Å². The Morgan fingerprint density at radius 1 is 1.10 bits per heavy atom. The summed E-state index contributed by atoms with van der Waals surface area (Å²) in [7, 11) is -4.34. The molecule has 1 aromatic carbocycles. The van der Waals surface area contributed by atoms with Gasteiger partial charge in [-0.2, -0.15) is 36.7 Å². The number of nitrogens with zero attached hydrogens (tertiary/aromatic N) is 4. The quantitative estimate of drug-likeness (QED) is 0.505. The summed E-state index contributed by atoms with van der Waals surface area (Å²) in [6.45, 7) is 0.713. The van der Waals surface area contributed by atoms with Gasteiger partial charge in [0.1, 0.15) is 17.0 Å². The Morgan fingerprint density at radius 2 is 1.76 bits per heavy atom. The molecule has 0 spiro atoms. The van der Waals surface area contributed by atoms with Gasteiger partial charge in [0, 0.05) is 12.7 Å². The molecule has 2 atom stereocenters. The molecule has 3 fully saturated rings. The fourth-order valence-corrected chi connectivity index (χ4v) is 7.03. The summed E-state index contributed by atoms with van der Waals surface area (Å²) < 4.78 is 108. The van der Waals surface area contributed by atoms with E-state index >= 15 is 0 Å². The van der Waals surface area contributed by atoms with E-state index in [-0.39, 0.29) is 16.1 Å². The summed E-state index contributed by atoms with van der Waals surface area (Å²) in [5.74, 6) is -2.28. The number of aromatic nitrogens is 2. The third-order valence-electron chi connectivity index (χ3n) is 7.90. The summed E-state index contributed by atoms with van der Waals surface area (Å²) in [6.07, 6.45) is -9.35. The molecular weight excluding hydrogens is 580 g/mol. The van der Waals surface area contributed by atoms with Crippen LogP contribution in [0.3, 0.4) is 0 Å². The Bertz CT molecular complexity index is 1570. The van der Waals surface area contributed by atoms with Crippen molar-refractivity contribution in [2.45, 2.75) is 73.1 Å². The number of halogens is 6. The monoisotopic (exact) mass is 603 g/mol. The van der Waals surface area contributed by atoms with Crippen LogP contribution in [0.2, 0.25) is 0 Å². The number of alkyl halides is 6. The molecule has 2 unspecified atom stereocenters. The van der Waals surface area contributed by atoms with E-state index in [0.717, 1.165) is 23.0 Å². The number of sulfone groups is 1. The zero-order valence-corrected chi connectivity index (χ0v) is 22.2. The highest BCUT2D eigenvalue weighted by molar-refractivity contribution is 7.92. The van der Waals surface area contributed by atoms with Crippen LogP contribution < -0.4 is 5.32 Å². The zero-order valence-electron chi connectivity index (χ0n) is 21.4. The number of nitrogens with one attached hydrogen (secondary N) is 1. The zero-order chi connectivity index (χ0) is 30.2. The van der Waals surface area contributed by atoms with Gasteiger partial charge in [-0.1, -0.05) is 0 Å². The van der Waals surface area contributed by atoms with E-state index in [1.54, 1.807) is 0 Å². The van der Waals surface area contributed by atoms with Crippen molar-refractivity contribution >= 4 is 21.7 Å². The number of hydrogen-bond acceptors (Lipinski definition) is 6. The van der Waals surface area contributed by atoms with Crippen molar-refractivity contribution in [3.63, 3.8) is 0 Å². The molecule has 9 nitrogen and oxygen atoms in total. The van der Waals surface area contributed by atoms with E-state index in [0.29, 0.717) is 17.7 Å². The van der Waals surface area contributed by atoms with Crippen LogP contribution in [-0.4, -0.2) is 64.5 Å². The largest absolute Gasteiger partial charge is 0.435 e. The lowest BCUT2D eigenvalue weighted by Crippen LogP contribution is -2.53. The molecule has 2 saturated carbocycles. The number of carbonyl (C=O) groups is 2. The number of benzene rings is 1. The van der Waals surface area contributed by atoms with Gasteiger partial charge in [0.05, 0.1) is 21.9 Å². The van der Waals surface area contributed by atoms with E-state index < -0.39 is 87.8 Å². The van der Waals surface area contributed by atoms with Crippen LogP contribution in [0.5, 0.6) is 0 Å². The molecular formula is C25H23F6N5O4S. The van der Waals surface area contributed by atoms with Crippen molar-refractivity contribution in [2.75, 3.05) is 6.54 Å². The number of amides is 2. The summed E-state index contributed by atoms with van der Waals surface area (Å²) >= 11 is 0. The fraction of sp³-hybridized carbons (Fsp3) is 0.520. The van der Waals surface area contributed by atoms with Crippen LogP contribution >= 0.6 is 0 Å². The number of hydrogen-bond donors (Lipinski definition) is 1. The van der Waals surface area contributed by atoms with Crippen molar-refractivity contribution in [3.8, 4) is 11.8 Å². The number of nitriles is 1. The summed E-state index contributed by atoms with van der Waals surface area (Å²) in [5, 5.41) is 13.8. The second-order valence-electron chi connectivity index (χ2n) is 10.7. The lowest BCUT2D eigenvalue weighted by molar-refractivity contribution is -0.199. The van der Waals surface area contributed by atoms with Crippen molar-refractivity contribution in [1.82, 2.24) is 20.0 Å². The molecule has 16 heteroatoms. The molecule has 3 aliphatic rings. The van der Waals surface area contributed by atoms with Crippen LogP contribution in [0, 0.1) is 23.7 Å². The predicted octanol–water partition coefficient (Wildman–Crippen LogP) is 3.46. The first-order valence-electron chi connectivity index (χ1n) is 12.5. The van der Waals surface area contributed by atoms with E-state index in [2.05, 4.69) is 10.4 Å². The van der Waals surface area contributed by atoms with Crippen molar-refractivity contribution in [3.05, 3.63) is 41.7 Å². The molecule has 1 saturated heterocycles. The van der Waals surface area contributed by atoms with E-state index in [1.165, 1.54) is 19.1 Å². The topological polar surface area (TPSA) is 125 Å². The third kappa shape index (κ3) is 4.93.